The third-order valence-corrected chi connectivity index (χ3v) is 4.77. The zero-order chi connectivity index (χ0) is 18.1. The molecule has 4 rings (SSSR count). The monoisotopic (exact) mass is 363 g/mol. The first-order valence-corrected chi connectivity index (χ1v) is 8.90. The van der Waals surface area contributed by atoms with Crippen molar-refractivity contribution in [1.29, 1.82) is 0 Å². The van der Waals surface area contributed by atoms with E-state index >= 15 is 0 Å². The van der Waals surface area contributed by atoms with Gasteiger partial charge in [0.15, 0.2) is 0 Å². The number of benzene rings is 2. The Morgan fingerprint density at radius 3 is 2.77 bits per heavy atom. The lowest BCUT2D eigenvalue weighted by Gasteiger charge is -2.22. The fourth-order valence-corrected chi connectivity index (χ4v) is 3.51. The zero-order valence-corrected chi connectivity index (χ0v) is 15.1. The second-order valence-corrected chi connectivity index (χ2v) is 6.86. The lowest BCUT2D eigenvalue weighted by Crippen LogP contribution is -2.35. The van der Waals surface area contributed by atoms with Gasteiger partial charge in [-0.15, -0.1) is 0 Å². The highest BCUT2D eigenvalue weighted by molar-refractivity contribution is 6.30. The van der Waals surface area contributed by atoms with Gasteiger partial charge in [-0.05, 0) is 55.3 Å². The molecule has 0 aliphatic carbocycles. The van der Waals surface area contributed by atoms with E-state index in [2.05, 4.69) is 23.3 Å². The van der Waals surface area contributed by atoms with Crippen LogP contribution in [0.3, 0.4) is 0 Å². The van der Waals surface area contributed by atoms with Gasteiger partial charge in [0.25, 0.3) is 5.91 Å². The van der Waals surface area contributed by atoms with E-state index < -0.39 is 0 Å². The molecule has 5 heteroatoms. The normalized spacial score (nSPS) is 15.6. The highest BCUT2D eigenvalue weighted by Gasteiger charge is 2.31. The van der Waals surface area contributed by atoms with Gasteiger partial charge < -0.3 is 10.2 Å². The number of hydrogen-bond acceptors (Lipinski definition) is 3. The van der Waals surface area contributed by atoms with Crippen LogP contribution in [0.4, 0.5) is 17.2 Å². The van der Waals surface area contributed by atoms with Crippen molar-refractivity contribution in [2.75, 3.05) is 10.2 Å². The number of carbonyl (C=O) groups is 1. The molecule has 1 aliphatic heterocycles. The Morgan fingerprint density at radius 1 is 1.15 bits per heavy atom. The first kappa shape index (κ1) is 16.6. The number of para-hydroxylation sites is 1. The van der Waals surface area contributed by atoms with Gasteiger partial charge in [0, 0.05) is 28.6 Å². The predicted molar refractivity (Wildman–Crippen MR) is 105 cm³/mol. The van der Waals surface area contributed by atoms with Gasteiger partial charge in [-0.2, -0.15) is 0 Å². The Morgan fingerprint density at radius 2 is 2.00 bits per heavy atom. The van der Waals surface area contributed by atoms with E-state index in [0.29, 0.717) is 16.4 Å². The van der Waals surface area contributed by atoms with Crippen LogP contribution in [-0.2, 0) is 6.42 Å². The van der Waals surface area contributed by atoms with Crippen molar-refractivity contribution in [3.63, 3.8) is 0 Å². The van der Waals surface area contributed by atoms with Crippen LogP contribution >= 0.6 is 11.6 Å². The third-order valence-electron chi connectivity index (χ3n) is 4.53. The van der Waals surface area contributed by atoms with Crippen LogP contribution in [-0.4, -0.2) is 16.9 Å². The quantitative estimate of drug-likeness (QED) is 0.706. The molecule has 1 atom stereocenters. The molecule has 3 aromatic rings. The van der Waals surface area contributed by atoms with E-state index in [0.717, 1.165) is 17.8 Å². The number of anilines is 3. The Bertz CT molecular complexity index is 955. The summed E-state index contributed by atoms with van der Waals surface area (Å²) < 4.78 is 0. The number of fused-ring (bicyclic) bond motifs is 1. The van der Waals surface area contributed by atoms with Crippen LogP contribution in [0.5, 0.6) is 0 Å². The summed E-state index contributed by atoms with van der Waals surface area (Å²) in [7, 11) is 0. The molecular weight excluding hydrogens is 346 g/mol. The van der Waals surface area contributed by atoms with E-state index in [1.165, 1.54) is 5.56 Å². The van der Waals surface area contributed by atoms with Crippen LogP contribution in [0.15, 0.2) is 66.9 Å². The van der Waals surface area contributed by atoms with E-state index in [-0.39, 0.29) is 11.9 Å². The van der Waals surface area contributed by atoms with Crippen LogP contribution in [0.25, 0.3) is 0 Å². The Balaban J connectivity index is 1.54. The zero-order valence-electron chi connectivity index (χ0n) is 14.3. The van der Waals surface area contributed by atoms with Crippen LogP contribution < -0.4 is 10.2 Å². The Hall–Kier alpha value is -2.85. The maximum Gasteiger partial charge on any atom is 0.260 e. The lowest BCUT2D eigenvalue weighted by molar-refractivity contribution is 0.0981. The van der Waals surface area contributed by atoms with Crippen LogP contribution in [0.1, 0.15) is 22.8 Å². The molecule has 1 amide bonds. The molecule has 0 fully saturated rings. The van der Waals surface area contributed by atoms with Crippen molar-refractivity contribution in [3.8, 4) is 0 Å². The van der Waals surface area contributed by atoms with Crippen molar-refractivity contribution in [1.82, 2.24) is 4.98 Å². The summed E-state index contributed by atoms with van der Waals surface area (Å²) in [5.41, 5.74) is 3.63. The standard InChI is InChI=1S/C21H18ClN3O/c1-14-11-15-5-2-3-8-19(15)25(14)21(26)16-9-10-20(23-13-16)24-18-7-4-6-17(22)12-18/h2-10,12-14H,11H2,1H3,(H,23,24). The van der Waals surface area contributed by atoms with Gasteiger partial charge in [-0.25, -0.2) is 4.98 Å². The summed E-state index contributed by atoms with van der Waals surface area (Å²) in [4.78, 5) is 19.2. The van der Waals surface area contributed by atoms with Gasteiger partial charge in [-0.3, -0.25) is 4.79 Å². The molecular formula is C21H18ClN3O. The second-order valence-electron chi connectivity index (χ2n) is 6.42. The highest BCUT2D eigenvalue weighted by atomic mass is 35.5. The number of carbonyl (C=O) groups excluding carboxylic acids is 1. The number of amides is 1. The summed E-state index contributed by atoms with van der Waals surface area (Å²) in [5, 5.41) is 3.84. The maximum atomic E-state index is 13.0. The van der Waals surface area contributed by atoms with Crippen molar-refractivity contribution in [2.24, 2.45) is 0 Å². The fourth-order valence-electron chi connectivity index (χ4n) is 3.32. The van der Waals surface area contributed by atoms with Crippen molar-refractivity contribution < 1.29 is 4.79 Å². The van der Waals surface area contributed by atoms with Crippen LogP contribution in [0, 0.1) is 0 Å². The third kappa shape index (κ3) is 3.16. The number of pyridine rings is 1. The topological polar surface area (TPSA) is 45.2 Å². The van der Waals surface area contributed by atoms with Crippen molar-refractivity contribution in [2.45, 2.75) is 19.4 Å². The molecule has 0 spiro atoms. The van der Waals surface area contributed by atoms with E-state index in [1.807, 2.05) is 47.4 Å². The largest absolute Gasteiger partial charge is 0.340 e. The molecule has 2 aromatic carbocycles. The number of hydrogen-bond donors (Lipinski definition) is 1. The average Bonchev–Trinajstić information content (AvgIpc) is 2.97. The van der Waals surface area contributed by atoms with Gasteiger partial charge in [0.2, 0.25) is 0 Å². The summed E-state index contributed by atoms with van der Waals surface area (Å²) in [6, 6.07) is 19.2. The van der Waals surface area contributed by atoms with E-state index in [4.69, 9.17) is 11.6 Å². The van der Waals surface area contributed by atoms with Crippen molar-refractivity contribution in [3.05, 3.63) is 83.0 Å². The van der Waals surface area contributed by atoms with Gasteiger partial charge in [0.1, 0.15) is 5.82 Å². The van der Waals surface area contributed by atoms with Crippen LogP contribution in [0.2, 0.25) is 5.02 Å². The predicted octanol–water partition coefficient (Wildman–Crippen LogP) is 5.07. The first-order chi connectivity index (χ1) is 12.6. The molecule has 1 unspecified atom stereocenters. The summed E-state index contributed by atoms with van der Waals surface area (Å²) >= 11 is 5.99. The number of aromatic nitrogens is 1. The number of rotatable bonds is 3. The summed E-state index contributed by atoms with van der Waals surface area (Å²) in [5.74, 6) is 0.642. The highest BCUT2D eigenvalue weighted by Crippen LogP contribution is 2.33. The fraction of sp³-hybridized carbons (Fsp3) is 0.143. The van der Waals surface area contributed by atoms with E-state index in [1.54, 1.807) is 18.3 Å². The smallest absolute Gasteiger partial charge is 0.260 e. The van der Waals surface area contributed by atoms with Gasteiger partial charge in [-0.1, -0.05) is 35.9 Å². The first-order valence-electron chi connectivity index (χ1n) is 8.52. The molecule has 4 nitrogen and oxygen atoms in total. The molecule has 26 heavy (non-hydrogen) atoms. The second kappa shape index (κ2) is 6.81. The number of halogens is 1. The minimum atomic E-state index is -0.0238. The van der Waals surface area contributed by atoms with E-state index in [9.17, 15) is 4.79 Å². The molecule has 130 valence electrons. The SMILES string of the molecule is CC1Cc2ccccc2N1C(=O)c1ccc(Nc2cccc(Cl)c2)nc1. The molecule has 1 aliphatic rings. The Labute approximate surface area is 157 Å². The molecule has 0 bridgehead atoms. The van der Waals surface area contributed by atoms with Gasteiger partial charge in [0.05, 0.1) is 5.56 Å². The van der Waals surface area contributed by atoms with Gasteiger partial charge >= 0.3 is 0 Å². The molecule has 0 radical (unpaired) electrons. The molecule has 1 N–H and O–H groups in total. The summed E-state index contributed by atoms with van der Waals surface area (Å²) in [6.45, 7) is 2.07. The van der Waals surface area contributed by atoms with Crippen molar-refractivity contribution >= 4 is 34.7 Å². The molecule has 2 heterocycles. The number of nitrogens with zero attached hydrogens (tertiary/aromatic N) is 2. The maximum absolute atomic E-state index is 13.0. The molecule has 0 saturated carbocycles. The molecule has 1 aromatic heterocycles. The minimum Gasteiger partial charge on any atom is -0.340 e. The lowest BCUT2D eigenvalue weighted by atomic mass is 10.1. The Kier molecular flexibility index (Phi) is 4.35. The number of nitrogens with one attached hydrogen (secondary N) is 1. The summed E-state index contributed by atoms with van der Waals surface area (Å²) in [6.07, 6.45) is 2.49. The average molecular weight is 364 g/mol. The molecule has 0 saturated heterocycles. The minimum absolute atomic E-state index is 0.0238.